The molecule has 3 heterocycles. The molecule has 3 fully saturated rings. The van der Waals surface area contributed by atoms with E-state index < -0.39 is 29.1 Å². The standard InChI is InChI=1S/C19H22O6/c1-7(2)12-8-5-10-14-18(3,9(8)6-11(20)24-12)16-13(25-16)15(21)19(14,4)17(22)23-10/h5-7,10,12-16,21H,1-4H3/t10-,12+,13-,14+,15-,16-,18?,19?/m0/s1. The largest absolute Gasteiger partial charge is 0.457 e. The average molecular weight is 346 g/mol. The Morgan fingerprint density at radius 3 is 2.56 bits per heavy atom. The van der Waals surface area contributed by atoms with E-state index in [1.807, 2.05) is 26.8 Å². The van der Waals surface area contributed by atoms with Crippen LogP contribution in [0.4, 0.5) is 0 Å². The molecule has 0 aromatic heterocycles. The number of aliphatic hydroxyl groups excluding tert-OH is 1. The normalized spacial score (nSPS) is 52.4. The summed E-state index contributed by atoms with van der Waals surface area (Å²) in [5.41, 5.74) is 0.203. The maximum atomic E-state index is 12.7. The van der Waals surface area contributed by atoms with Crippen molar-refractivity contribution in [3.05, 3.63) is 23.3 Å². The number of hydrogen-bond acceptors (Lipinski definition) is 6. The van der Waals surface area contributed by atoms with Crippen LogP contribution < -0.4 is 0 Å². The van der Waals surface area contributed by atoms with Gasteiger partial charge in [0.25, 0.3) is 0 Å². The van der Waals surface area contributed by atoms with Crippen LogP contribution in [0.3, 0.4) is 0 Å². The lowest BCUT2D eigenvalue weighted by molar-refractivity contribution is -0.154. The predicted molar refractivity (Wildman–Crippen MR) is 85.1 cm³/mol. The van der Waals surface area contributed by atoms with Crippen LogP contribution in [0.2, 0.25) is 0 Å². The van der Waals surface area contributed by atoms with Crippen molar-refractivity contribution >= 4 is 11.9 Å². The number of carbonyl (C=O) groups is 2. The Balaban J connectivity index is 1.75. The number of hydrogen-bond donors (Lipinski definition) is 1. The van der Waals surface area contributed by atoms with Gasteiger partial charge in [0.05, 0.1) is 12.2 Å². The topological polar surface area (TPSA) is 85.4 Å². The summed E-state index contributed by atoms with van der Waals surface area (Å²) in [4.78, 5) is 24.9. The van der Waals surface area contributed by atoms with Gasteiger partial charge in [-0.05, 0) is 30.1 Å². The van der Waals surface area contributed by atoms with Gasteiger partial charge in [-0.2, -0.15) is 0 Å². The van der Waals surface area contributed by atoms with Gasteiger partial charge >= 0.3 is 11.9 Å². The summed E-state index contributed by atoms with van der Waals surface area (Å²) >= 11 is 0. The number of epoxide rings is 1. The first-order chi connectivity index (χ1) is 11.7. The fourth-order valence-electron chi connectivity index (χ4n) is 5.77. The van der Waals surface area contributed by atoms with Crippen molar-refractivity contribution in [3.63, 3.8) is 0 Å². The Kier molecular flexibility index (Phi) is 2.71. The highest BCUT2D eigenvalue weighted by Crippen LogP contribution is 2.69. The van der Waals surface area contributed by atoms with Crippen molar-refractivity contribution in [2.75, 3.05) is 0 Å². The van der Waals surface area contributed by atoms with Crippen molar-refractivity contribution in [1.29, 1.82) is 0 Å². The number of fused-ring (bicyclic) bond motifs is 4. The Bertz CT molecular complexity index is 766. The second kappa shape index (κ2) is 4.35. The van der Waals surface area contributed by atoms with Crippen LogP contribution in [-0.2, 0) is 23.8 Å². The number of cyclic esters (lactones) is 1. The molecule has 1 saturated carbocycles. The van der Waals surface area contributed by atoms with Crippen LogP contribution in [0.15, 0.2) is 23.3 Å². The van der Waals surface area contributed by atoms with Crippen molar-refractivity contribution in [3.8, 4) is 0 Å². The molecule has 6 heteroatoms. The minimum atomic E-state index is -1.03. The van der Waals surface area contributed by atoms with Gasteiger partial charge in [0.15, 0.2) is 0 Å². The van der Waals surface area contributed by atoms with Crippen molar-refractivity contribution in [1.82, 2.24) is 0 Å². The van der Waals surface area contributed by atoms with E-state index in [1.54, 1.807) is 13.0 Å². The Hall–Kier alpha value is -1.66. The van der Waals surface area contributed by atoms with Crippen LogP contribution in [0.1, 0.15) is 27.7 Å². The number of aliphatic hydroxyl groups is 1. The van der Waals surface area contributed by atoms with Crippen LogP contribution in [0.25, 0.3) is 0 Å². The molecule has 0 aromatic carbocycles. The lowest BCUT2D eigenvalue weighted by Crippen LogP contribution is -2.60. The molecule has 134 valence electrons. The van der Waals surface area contributed by atoms with Gasteiger partial charge in [-0.1, -0.05) is 20.8 Å². The van der Waals surface area contributed by atoms with Gasteiger partial charge in [0.2, 0.25) is 0 Å². The van der Waals surface area contributed by atoms with E-state index in [0.717, 1.165) is 11.1 Å². The maximum absolute atomic E-state index is 12.7. The monoisotopic (exact) mass is 346 g/mol. The summed E-state index contributed by atoms with van der Waals surface area (Å²) in [6.07, 6.45) is 1.17. The van der Waals surface area contributed by atoms with Crippen LogP contribution in [0.5, 0.6) is 0 Å². The Labute approximate surface area is 145 Å². The third-order valence-corrected chi connectivity index (χ3v) is 7.00. The molecular formula is C19H22O6. The SMILES string of the molecule is CC(C)[C@H]1OC(=O)C=C2C1=C[C@@H]1OC(=O)C3(C)[C@H]1C2(C)[C@H]1O[C@H]1[C@@H]3O. The van der Waals surface area contributed by atoms with Crippen LogP contribution in [-0.4, -0.2) is 47.6 Å². The lowest BCUT2D eigenvalue weighted by atomic mass is 9.48. The summed E-state index contributed by atoms with van der Waals surface area (Å²) in [5, 5.41) is 10.7. The van der Waals surface area contributed by atoms with E-state index in [4.69, 9.17) is 14.2 Å². The van der Waals surface area contributed by atoms with E-state index in [9.17, 15) is 14.7 Å². The minimum absolute atomic E-state index is 0.104. The first kappa shape index (κ1) is 15.6. The van der Waals surface area contributed by atoms with E-state index >= 15 is 0 Å². The molecule has 5 rings (SSSR count). The third-order valence-electron chi connectivity index (χ3n) is 7.00. The third kappa shape index (κ3) is 1.59. The van der Waals surface area contributed by atoms with Crippen molar-refractivity contribution in [2.45, 2.75) is 58.2 Å². The zero-order valence-electron chi connectivity index (χ0n) is 14.7. The molecule has 25 heavy (non-hydrogen) atoms. The maximum Gasteiger partial charge on any atom is 0.331 e. The summed E-state index contributed by atoms with van der Waals surface area (Å²) in [6.45, 7) is 7.81. The van der Waals surface area contributed by atoms with Gasteiger partial charge in [-0.15, -0.1) is 0 Å². The fraction of sp³-hybridized carbons (Fsp3) is 0.684. The van der Waals surface area contributed by atoms with Gasteiger partial charge in [0.1, 0.15) is 23.7 Å². The van der Waals surface area contributed by atoms with Crippen LogP contribution >= 0.6 is 0 Å². The smallest absolute Gasteiger partial charge is 0.331 e. The summed E-state index contributed by atoms with van der Waals surface area (Å²) in [7, 11) is 0. The van der Waals surface area contributed by atoms with E-state index in [2.05, 4.69) is 0 Å². The molecule has 0 radical (unpaired) electrons. The van der Waals surface area contributed by atoms with E-state index in [1.165, 1.54) is 0 Å². The molecule has 1 N–H and O–H groups in total. The van der Waals surface area contributed by atoms with Crippen molar-refractivity contribution in [2.24, 2.45) is 22.7 Å². The molecule has 2 aliphatic carbocycles. The first-order valence-electron chi connectivity index (χ1n) is 8.90. The molecule has 8 atom stereocenters. The van der Waals surface area contributed by atoms with E-state index in [0.29, 0.717) is 0 Å². The number of carbonyl (C=O) groups excluding carboxylic acids is 2. The second-order valence-electron chi connectivity index (χ2n) is 8.66. The highest BCUT2D eigenvalue weighted by molar-refractivity contribution is 5.88. The van der Waals surface area contributed by atoms with Crippen molar-refractivity contribution < 1.29 is 28.9 Å². The molecular weight excluding hydrogens is 324 g/mol. The summed E-state index contributed by atoms with van der Waals surface area (Å²) in [6, 6.07) is 0. The van der Waals surface area contributed by atoms with Gasteiger partial charge in [-0.25, -0.2) is 4.79 Å². The fourth-order valence-corrected chi connectivity index (χ4v) is 5.77. The zero-order valence-corrected chi connectivity index (χ0v) is 14.7. The highest BCUT2D eigenvalue weighted by Gasteiger charge is 2.78. The second-order valence-corrected chi connectivity index (χ2v) is 8.66. The molecule has 0 aromatic rings. The average Bonchev–Trinajstić information content (AvgIpc) is 3.29. The van der Waals surface area contributed by atoms with Gasteiger partial charge in [-0.3, -0.25) is 4.79 Å². The summed E-state index contributed by atoms with van der Waals surface area (Å²) < 4.78 is 17.1. The molecule has 2 unspecified atom stereocenters. The number of ether oxygens (including phenoxy) is 3. The Morgan fingerprint density at radius 2 is 1.88 bits per heavy atom. The molecule has 0 spiro atoms. The molecule has 6 nitrogen and oxygen atoms in total. The minimum Gasteiger partial charge on any atom is -0.457 e. The first-order valence-corrected chi connectivity index (χ1v) is 8.90. The molecule has 5 aliphatic rings. The number of rotatable bonds is 1. The molecule has 0 bridgehead atoms. The summed E-state index contributed by atoms with van der Waals surface area (Å²) in [5.74, 6) is -0.909. The Morgan fingerprint density at radius 1 is 1.16 bits per heavy atom. The number of esters is 2. The molecule has 2 saturated heterocycles. The lowest BCUT2D eigenvalue weighted by Gasteiger charge is -2.52. The van der Waals surface area contributed by atoms with Gasteiger partial charge in [0, 0.05) is 17.4 Å². The highest BCUT2D eigenvalue weighted by atomic mass is 16.6. The quantitative estimate of drug-likeness (QED) is 0.566. The van der Waals surface area contributed by atoms with E-state index in [-0.39, 0.29) is 36.0 Å². The van der Waals surface area contributed by atoms with Gasteiger partial charge < -0.3 is 19.3 Å². The predicted octanol–water partition coefficient (Wildman–Crippen LogP) is 1.13. The van der Waals surface area contributed by atoms with Crippen LogP contribution in [0, 0.1) is 22.7 Å². The molecule has 3 aliphatic heterocycles. The zero-order chi connectivity index (χ0) is 17.9. The molecule has 0 amide bonds.